The maximum Gasteiger partial charge on any atom is 0.414 e. The van der Waals surface area contributed by atoms with Crippen molar-refractivity contribution in [2.75, 3.05) is 37.6 Å². The Morgan fingerprint density at radius 1 is 1.40 bits per heavy atom. The molecule has 0 bridgehead atoms. The first-order valence-corrected chi connectivity index (χ1v) is 9.86. The fraction of sp³-hybridized carbons (Fsp3) is 0.500. The molecule has 2 aliphatic rings. The van der Waals surface area contributed by atoms with Crippen LogP contribution < -0.4 is 20.0 Å². The monoisotopic (exact) mass is 418 g/mol. The van der Waals surface area contributed by atoms with E-state index in [1.54, 1.807) is 12.1 Å². The van der Waals surface area contributed by atoms with Crippen LogP contribution in [0, 0.1) is 23.2 Å². The van der Waals surface area contributed by atoms with Gasteiger partial charge in [0.05, 0.1) is 31.9 Å². The lowest BCUT2D eigenvalue weighted by atomic mass is 9.94. The standard InChI is InChI=1S/C20H24FN5O4/c1-14(28)24-10-17-11-25(20(29)30-17)16-2-3-19(18(21)8-16)26(12-22)6-4-15(5-7-26)9-23-13-27/h2-3,8,13,15,17H,4-7,9-11H2,1H3,(H-,23,24,27,28)/p+1/t15?,17-,26?/m0/s1. The van der Waals surface area contributed by atoms with E-state index in [4.69, 9.17) is 4.74 Å². The Morgan fingerprint density at radius 3 is 2.73 bits per heavy atom. The summed E-state index contributed by atoms with van der Waals surface area (Å²) in [7, 11) is 0. The van der Waals surface area contributed by atoms with E-state index in [0.29, 0.717) is 44.6 Å². The Bertz CT molecular complexity index is 863. The summed E-state index contributed by atoms with van der Waals surface area (Å²) < 4.78 is 20.1. The third-order valence-corrected chi connectivity index (χ3v) is 5.68. The number of nitrogens with zero attached hydrogens (tertiary/aromatic N) is 3. The lowest BCUT2D eigenvalue weighted by Crippen LogP contribution is -2.51. The third kappa shape index (κ3) is 4.52. The van der Waals surface area contributed by atoms with Crippen LogP contribution in [0.25, 0.3) is 0 Å². The number of likely N-dealkylation sites (tertiary alicyclic amines) is 1. The normalized spacial score (nSPS) is 25.9. The molecule has 160 valence electrons. The molecule has 1 atom stereocenters. The van der Waals surface area contributed by atoms with Gasteiger partial charge in [0.2, 0.25) is 12.3 Å². The number of nitrogens with one attached hydrogen (secondary N) is 2. The van der Waals surface area contributed by atoms with Gasteiger partial charge in [0.25, 0.3) is 0 Å². The molecule has 0 saturated carbocycles. The number of hydrogen-bond acceptors (Lipinski definition) is 5. The van der Waals surface area contributed by atoms with Gasteiger partial charge in [0, 0.05) is 38.4 Å². The van der Waals surface area contributed by atoms with Crippen LogP contribution >= 0.6 is 0 Å². The number of carbonyl (C=O) groups excluding carboxylic acids is 3. The Hall–Kier alpha value is -3.19. The summed E-state index contributed by atoms with van der Waals surface area (Å²) in [6.07, 6.45) is 3.17. The molecule has 30 heavy (non-hydrogen) atoms. The van der Waals surface area contributed by atoms with Gasteiger partial charge in [0.15, 0.2) is 11.5 Å². The van der Waals surface area contributed by atoms with E-state index >= 15 is 4.39 Å². The van der Waals surface area contributed by atoms with E-state index in [0.717, 1.165) is 0 Å². The minimum absolute atomic E-state index is 0.140. The smallest absolute Gasteiger partial charge is 0.414 e. The van der Waals surface area contributed by atoms with Crippen molar-refractivity contribution < 1.29 is 23.5 Å². The second kappa shape index (κ2) is 9.09. The quantitative estimate of drug-likeness (QED) is 0.393. The lowest BCUT2D eigenvalue weighted by molar-refractivity contribution is -0.119. The van der Waals surface area contributed by atoms with E-state index in [1.807, 2.05) is 0 Å². The molecule has 2 saturated heterocycles. The molecule has 2 heterocycles. The Kier molecular flexibility index (Phi) is 6.52. The van der Waals surface area contributed by atoms with Crippen molar-refractivity contribution >= 4 is 29.8 Å². The van der Waals surface area contributed by atoms with Crippen molar-refractivity contribution in [1.29, 1.82) is 5.26 Å². The second-order valence-corrected chi connectivity index (χ2v) is 7.67. The summed E-state index contributed by atoms with van der Waals surface area (Å²) in [4.78, 5) is 35.0. The van der Waals surface area contributed by atoms with Crippen LogP contribution in [-0.2, 0) is 14.3 Å². The highest BCUT2D eigenvalue weighted by Crippen LogP contribution is 2.35. The lowest BCUT2D eigenvalue weighted by Gasteiger charge is -2.36. The highest BCUT2D eigenvalue weighted by atomic mass is 19.1. The van der Waals surface area contributed by atoms with Crippen molar-refractivity contribution in [1.82, 2.24) is 15.1 Å². The number of hydrogen-bond donors (Lipinski definition) is 2. The van der Waals surface area contributed by atoms with Gasteiger partial charge in [-0.3, -0.25) is 14.5 Å². The molecule has 0 radical (unpaired) electrons. The van der Waals surface area contributed by atoms with Gasteiger partial charge in [-0.05, 0) is 12.0 Å². The summed E-state index contributed by atoms with van der Waals surface area (Å²) >= 11 is 0. The van der Waals surface area contributed by atoms with Crippen LogP contribution in [-0.4, -0.2) is 57.2 Å². The molecule has 1 aromatic rings. The number of piperidine rings is 1. The Labute approximate surface area is 174 Å². The van der Waals surface area contributed by atoms with Crippen LogP contribution in [0.1, 0.15) is 19.8 Å². The average molecular weight is 418 g/mol. The van der Waals surface area contributed by atoms with Gasteiger partial charge < -0.3 is 15.4 Å². The second-order valence-electron chi connectivity index (χ2n) is 7.67. The van der Waals surface area contributed by atoms with E-state index in [1.165, 1.54) is 17.9 Å². The molecular formula is C20H25FN5O4+. The Balaban J connectivity index is 1.72. The summed E-state index contributed by atoms with van der Waals surface area (Å²) in [5.41, 5.74) is 0.609. The van der Waals surface area contributed by atoms with Crippen molar-refractivity contribution in [3.8, 4) is 6.19 Å². The van der Waals surface area contributed by atoms with Crippen molar-refractivity contribution in [2.24, 2.45) is 5.92 Å². The molecule has 9 nitrogen and oxygen atoms in total. The molecule has 3 amide bonds. The Morgan fingerprint density at radius 2 is 2.13 bits per heavy atom. The van der Waals surface area contributed by atoms with Crippen LogP contribution in [0.5, 0.6) is 0 Å². The highest BCUT2D eigenvalue weighted by molar-refractivity contribution is 5.90. The predicted molar refractivity (Wildman–Crippen MR) is 107 cm³/mol. The molecule has 2 aliphatic heterocycles. The van der Waals surface area contributed by atoms with Crippen LogP contribution in [0.15, 0.2) is 18.2 Å². The highest BCUT2D eigenvalue weighted by Gasteiger charge is 2.40. The maximum atomic E-state index is 15.0. The molecule has 2 N–H and O–H groups in total. The number of anilines is 1. The fourth-order valence-corrected chi connectivity index (χ4v) is 3.98. The molecule has 0 spiro atoms. The fourth-order valence-electron chi connectivity index (χ4n) is 3.98. The third-order valence-electron chi connectivity index (χ3n) is 5.68. The van der Waals surface area contributed by atoms with Gasteiger partial charge in [0.1, 0.15) is 6.10 Å². The van der Waals surface area contributed by atoms with E-state index in [-0.39, 0.29) is 35.1 Å². The first kappa shape index (κ1) is 21.5. The van der Waals surface area contributed by atoms with Crippen molar-refractivity contribution in [3.63, 3.8) is 0 Å². The van der Waals surface area contributed by atoms with E-state index < -0.39 is 18.0 Å². The summed E-state index contributed by atoms with van der Waals surface area (Å²) in [5, 5.41) is 15.1. The SMILES string of the molecule is CC(=O)NC[C@H]1CN(c2ccc([N+]3(C#N)CCC(CNC=O)CC3)c(F)c2)C(=O)O1. The van der Waals surface area contributed by atoms with Gasteiger partial charge in [-0.1, -0.05) is 0 Å². The number of cyclic esters (lactones) is 1. The molecule has 2 fully saturated rings. The molecule has 0 aliphatic carbocycles. The first-order valence-electron chi connectivity index (χ1n) is 9.86. The van der Waals surface area contributed by atoms with Crippen LogP contribution in [0.4, 0.5) is 20.6 Å². The van der Waals surface area contributed by atoms with Crippen molar-refractivity contribution in [3.05, 3.63) is 24.0 Å². The van der Waals surface area contributed by atoms with Gasteiger partial charge in [-0.2, -0.15) is 4.48 Å². The summed E-state index contributed by atoms with van der Waals surface area (Å²) in [6.45, 7) is 3.20. The zero-order valence-electron chi connectivity index (χ0n) is 16.8. The molecule has 0 unspecified atom stereocenters. The zero-order chi connectivity index (χ0) is 21.7. The number of rotatable bonds is 7. The first-order chi connectivity index (χ1) is 14.4. The molecule has 0 aromatic heterocycles. The van der Waals surface area contributed by atoms with Gasteiger partial charge in [-0.25, -0.2) is 9.18 Å². The van der Waals surface area contributed by atoms with Gasteiger partial charge in [-0.15, -0.1) is 5.26 Å². The molecule has 3 rings (SSSR count). The number of amides is 3. The molecular weight excluding hydrogens is 393 g/mol. The number of ether oxygens (including phenoxy) is 1. The van der Waals surface area contributed by atoms with Crippen LogP contribution in [0.3, 0.4) is 0 Å². The summed E-state index contributed by atoms with van der Waals surface area (Å²) in [6, 6.07) is 4.40. The zero-order valence-corrected chi connectivity index (χ0v) is 16.8. The number of quaternary nitrogens is 1. The minimum atomic E-state index is -0.606. The van der Waals surface area contributed by atoms with Gasteiger partial charge >= 0.3 is 12.3 Å². The number of nitriles is 1. The predicted octanol–water partition coefficient (Wildman–Crippen LogP) is 1.23. The largest absolute Gasteiger partial charge is 0.442 e. The summed E-state index contributed by atoms with van der Waals surface area (Å²) in [5.74, 6) is -0.523. The van der Waals surface area contributed by atoms with Crippen LogP contribution in [0.2, 0.25) is 0 Å². The van der Waals surface area contributed by atoms with E-state index in [9.17, 15) is 19.6 Å². The number of carbonyl (C=O) groups is 3. The number of benzene rings is 1. The molecule has 1 aromatic carbocycles. The average Bonchev–Trinajstić information content (AvgIpc) is 3.11. The minimum Gasteiger partial charge on any atom is -0.442 e. The number of halogens is 1. The molecule has 10 heteroatoms. The topological polar surface area (TPSA) is 112 Å². The van der Waals surface area contributed by atoms with E-state index in [2.05, 4.69) is 16.8 Å². The maximum absolute atomic E-state index is 15.0. The van der Waals surface area contributed by atoms with Crippen molar-refractivity contribution in [2.45, 2.75) is 25.9 Å².